The van der Waals surface area contributed by atoms with E-state index in [-0.39, 0.29) is 12.0 Å². The van der Waals surface area contributed by atoms with E-state index >= 15 is 0 Å². The minimum atomic E-state index is -0.113. The van der Waals surface area contributed by atoms with Crippen LogP contribution >= 0.6 is 0 Å². The summed E-state index contributed by atoms with van der Waals surface area (Å²) in [7, 11) is 3.26. The number of aliphatic hydroxyl groups excluding tert-OH is 1. The SMILES string of the molecule is COc1ccc(-c2cc3c(O)cc4c(c3cc2CO)-c2ccccc2C42CCCCCCC2)c(OC)c1. The summed E-state index contributed by atoms with van der Waals surface area (Å²) in [5, 5.41) is 23.8. The van der Waals surface area contributed by atoms with Gasteiger partial charge in [-0.1, -0.05) is 56.4 Å². The Morgan fingerprint density at radius 1 is 0.730 bits per heavy atom. The monoisotopic (exact) mass is 494 g/mol. The number of aliphatic hydroxyl groups is 1. The Morgan fingerprint density at radius 2 is 1.49 bits per heavy atom. The molecule has 4 aromatic rings. The number of ether oxygens (including phenoxy) is 2. The Hall–Kier alpha value is -3.50. The van der Waals surface area contributed by atoms with Crippen LogP contribution in [0.4, 0.5) is 0 Å². The molecule has 4 nitrogen and oxygen atoms in total. The first-order chi connectivity index (χ1) is 18.1. The molecule has 0 amide bonds. The first kappa shape index (κ1) is 23.9. The zero-order chi connectivity index (χ0) is 25.6. The number of phenolic OH excluding ortho intramolecular Hbond substituents is 1. The number of hydrogen-bond acceptors (Lipinski definition) is 4. The van der Waals surface area contributed by atoms with Crippen molar-refractivity contribution < 1.29 is 19.7 Å². The Kier molecular flexibility index (Phi) is 6.08. The molecule has 0 unspecified atom stereocenters. The van der Waals surface area contributed by atoms with E-state index in [0.29, 0.717) is 17.2 Å². The summed E-state index contributed by atoms with van der Waals surface area (Å²) < 4.78 is 11.1. The number of aromatic hydroxyl groups is 1. The Balaban J connectivity index is 1.63. The summed E-state index contributed by atoms with van der Waals surface area (Å²) in [5.41, 5.74) is 7.57. The fourth-order valence-electron chi connectivity index (χ4n) is 6.88. The van der Waals surface area contributed by atoms with E-state index in [2.05, 4.69) is 30.3 Å². The molecular formula is C33H34O4. The van der Waals surface area contributed by atoms with Crippen LogP contribution < -0.4 is 9.47 Å². The number of phenols is 1. The predicted molar refractivity (Wildman–Crippen MR) is 149 cm³/mol. The first-order valence-corrected chi connectivity index (χ1v) is 13.4. The molecule has 0 bridgehead atoms. The molecule has 1 spiro atoms. The average Bonchev–Trinajstić information content (AvgIpc) is 3.19. The van der Waals surface area contributed by atoms with Crippen LogP contribution in [0, 0.1) is 0 Å². The number of hydrogen-bond donors (Lipinski definition) is 2. The number of rotatable bonds is 4. The van der Waals surface area contributed by atoms with E-state index in [0.717, 1.165) is 40.3 Å². The van der Waals surface area contributed by atoms with Crippen LogP contribution in [0.3, 0.4) is 0 Å². The lowest BCUT2D eigenvalue weighted by Gasteiger charge is -2.34. The molecule has 1 fully saturated rings. The fraction of sp³-hybridized carbons (Fsp3) is 0.333. The van der Waals surface area contributed by atoms with Gasteiger partial charge in [0, 0.05) is 22.4 Å². The molecule has 0 heterocycles. The third kappa shape index (κ3) is 3.69. The minimum absolute atomic E-state index is 0.0602. The van der Waals surface area contributed by atoms with E-state index in [9.17, 15) is 10.2 Å². The third-order valence-corrected chi connectivity index (χ3v) is 8.64. The van der Waals surface area contributed by atoms with Crippen LogP contribution in [-0.4, -0.2) is 24.4 Å². The van der Waals surface area contributed by atoms with E-state index in [1.54, 1.807) is 14.2 Å². The third-order valence-electron chi connectivity index (χ3n) is 8.64. The molecule has 0 aliphatic heterocycles. The van der Waals surface area contributed by atoms with Gasteiger partial charge in [0.05, 0.1) is 20.8 Å². The quantitative estimate of drug-likeness (QED) is 0.305. The lowest BCUT2D eigenvalue weighted by atomic mass is 9.69. The molecule has 4 heteroatoms. The second-order valence-electron chi connectivity index (χ2n) is 10.5. The molecule has 4 aromatic carbocycles. The van der Waals surface area contributed by atoms with Gasteiger partial charge in [-0.05, 0) is 81.9 Å². The van der Waals surface area contributed by atoms with Crippen molar-refractivity contribution in [1.82, 2.24) is 0 Å². The molecule has 0 radical (unpaired) electrons. The molecule has 2 aliphatic rings. The molecule has 1 saturated carbocycles. The van der Waals surface area contributed by atoms with E-state index in [1.165, 1.54) is 54.4 Å². The zero-order valence-corrected chi connectivity index (χ0v) is 21.6. The second-order valence-corrected chi connectivity index (χ2v) is 10.5. The second kappa shape index (κ2) is 9.42. The number of methoxy groups -OCH3 is 2. The highest BCUT2D eigenvalue weighted by Gasteiger charge is 2.43. The van der Waals surface area contributed by atoms with Gasteiger partial charge < -0.3 is 19.7 Å². The molecule has 2 aliphatic carbocycles. The van der Waals surface area contributed by atoms with Gasteiger partial charge in [0.15, 0.2) is 0 Å². The predicted octanol–water partition coefficient (Wildman–Crippen LogP) is 7.73. The Labute approximate surface area is 218 Å². The smallest absolute Gasteiger partial charge is 0.130 e. The lowest BCUT2D eigenvalue weighted by Crippen LogP contribution is -2.26. The molecule has 6 rings (SSSR count). The normalized spacial score (nSPS) is 16.2. The maximum atomic E-state index is 11.5. The van der Waals surface area contributed by atoms with Gasteiger partial charge in [0.2, 0.25) is 0 Å². The van der Waals surface area contributed by atoms with Crippen molar-refractivity contribution in [2.24, 2.45) is 0 Å². The van der Waals surface area contributed by atoms with E-state index in [1.807, 2.05) is 30.3 Å². The summed E-state index contributed by atoms with van der Waals surface area (Å²) in [5.74, 6) is 1.66. The van der Waals surface area contributed by atoms with Crippen molar-refractivity contribution in [1.29, 1.82) is 0 Å². The van der Waals surface area contributed by atoms with Crippen molar-refractivity contribution >= 4 is 10.8 Å². The van der Waals surface area contributed by atoms with E-state index < -0.39 is 0 Å². The van der Waals surface area contributed by atoms with Crippen LogP contribution in [0.1, 0.15) is 61.6 Å². The summed E-state index contributed by atoms with van der Waals surface area (Å²) >= 11 is 0. The van der Waals surface area contributed by atoms with E-state index in [4.69, 9.17) is 9.47 Å². The van der Waals surface area contributed by atoms with Crippen LogP contribution in [0.15, 0.2) is 60.7 Å². The van der Waals surface area contributed by atoms with Gasteiger partial charge in [-0.15, -0.1) is 0 Å². The van der Waals surface area contributed by atoms with Crippen LogP contribution in [0.25, 0.3) is 33.0 Å². The maximum absolute atomic E-state index is 11.5. The summed E-state index contributed by atoms with van der Waals surface area (Å²) in [6.07, 6.45) is 8.45. The van der Waals surface area contributed by atoms with Crippen LogP contribution in [-0.2, 0) is 12.0 Å². The van der Waals surface area contributed by atoms with Gasteiger partial charge in [0.1, 0.15) is 17.2 Å². The Morgan fingerprint density at radius 3 is 2.22 bits per heavy atom. The highest BCUT2D eigenvalue weighted by Crippen LogP contribution is 2.58. The summed E-state index contributed by atoms with van der Waals surface area (Å²) in [6, 6.07) is 20.6. The molecule has 2 N–H and O–H groups in total. The highest BCUT2D eigenvalue weighted by molar-refractivity contribution is 6.07. The molecular weight excluding hydrogens is 460 g/mol. The fourth-order valence-corrected chi connectivity index (χ4v) is 6.88. The summed E-state index contributed by atoms with van der Waals surface area (Å²) in [6.45, 7) is -0.113. The van der Waals surface area contributed by atoms with Crippen molar-refractivity contribution in [3.05, 3.63) is 77.4 Å². The summed E-state index contributed by atoms with van der Waals surface area (Å²) in [4.78, 5) is 0. The first-order valence-electron chi connectivity index (χ1n) is 13.4. The van der Waals surface area contributed by atoms with Gasteiger partial charge in [-0.2, -0.15) is 0 Å². The highest BCUT2D eigenvalue weighted by atomic mass is 16.5. The van der Waals surface area contributed by atoms with Crippen LogP contribution in [0.5, 0.6) is 17.2 Å². The standard InChI is InChI=1S/C33H34O4/c1-36-22-12-13-23(31(17-22)37-2)25-18-26-27(16-21(25)20-34)32-24-10-6-7-11-28(24)33(29(32)19-30(26)35)14-8-4-3-5-9-15-33/h6-7,10-13,16-19,34-35H,3-5,8-9,14-15,20H2,1-2H3. The topological polar surface area (TPSA) is 58.9 Å². The molecule has 0 aromatic heterocycles. The molecule has 37 heavy (non-hydrogen) atoms. The van der Waals surface area contributed by atoms with Crippen LogP contribution in [0.2, 0.25) is 0 Å². The number of benzene rings is 4. The zero-order valence-electron chi connectivity index (χ0n) is 21.6. The van der Waals surface area contributed by atoms with Gasteiger partial charge in [-0.25, -0.2) is 0 Å². The maximum Gasteiger partial charge on any atom is 0.130 e. The van der Waals surface area contributed by atoms with Crippen molar-refractivity contribution in [2.45, 2.75) is 57.0 Å². The Bertz CT molecular complexity index is 1480. The molecule has 0 atom stereocenters. The lowest BCUT2D eigenvalue weighted by molar-refractivity contribution is 0.282. The average molecular weight is 495 g/mol. The van der Waals surface area contributed by atoms with Gasteiger partial charge in [0.25, 0.3) is 0 Å². The van der Waals surface area contributed by atoms with Crippen molar-refractivity contribution in [2.75, 3.05) is 14.2 Å². The number of fused-ring (bicyclic) bond motifs is 7. The largest absolute Gasteiger partial charge is 0.507 e. The molecule has 0 saturated heterocycles. The minimum Gasteiger partial charge on any atom is -0.507 e. The van der Waals surface area contributed by atoms with Crippen molar-refractivity contribution in [3.63, 3.8) is 0 Å². The molecule has 190 valence electrons. The van der Waals surface area contributed by atoms with Gasteiger partial charge in [-0.3, -0.25) is 0 Å². The van der Waals surface area contributed by atoms with Gasteiger partial charge >= 0.3 is 0 Å². The van der Waals surface area contributed by atoms with Crippen molar-refractivity contribution in [3.8, 4) is 39.5 Å².